The number of imide groups is 1. The van der Waals surface area contributed by atoms with Gasteiger partial charge in [-0.05, 0) is 37.1 Å². The zero-order valence-corrected chi connectivity index (χ0v) is 17.3. The van der Waals surface area contributed by atoms with Gasteiger partial charge >= 0.3 is 5.97 Å². The maximum absolute atomic E-state index is 12.9. The minimum atomic E-state index is -0.466. The molecule has 0 N–H and O–H groups in total. The first-order chi connectivity index (χ1) is 15.5. The van der Waals surface area contributed by atoms with Crippen molar-refractivity contribution in [2.75, 3.05) is 13.2 Å². The van der Waals surface area contributed by atoms with Gasteiger partial charge in [-0.15, -0.1) is 0 Å². The summed E-state index contributed by atoms with van der Waals surface area (Å²) < 4.78 is 6.96. The molecule has 0 atom stereocenters. The second-order valence-electron chi connectivity index (χ2n) is 7.98. The Morgan fingerprint density at radius 1 is 0.969 bits per heavy atom. The van der Waals surface area contributed by atoms with Crippen LogP contribution in [0.25, 0.3) is 10.9 Å². The molecule has 0 saturated heterocycles. The van der Waals surface area contributed by atoms with E-state index in [9.17, 15) is 19.2 Å². The van der Waals surface area contributed by atoms with Gasteiger partial charge in [0.05, 0.1) is 35.0 Å². The zero-order chi connectivity index (χ0) is 22.2. The molecule has 0 bridgehead atoms. The Labute approximate surface area is 183 Å². The summed E-state index contributed by atoms with van der Waals surface area (Å²) in [4.78, 5) is 55.6. The summed E-state index contributed by atoms with van der Waals surface area (Å²) in [5.41, 5.74) is 1.27. The number of hydrogen-bond donors (Lipinski definition) is 0. The van der Waals surface area contributed by atoms with E-state index in [4.69, 9.17) is 4.74 Å². The van der Waals surface area contributed by atoms with E-state index in [1.165, 1.54) is 0 Å². The van der Waals surface area contributed by atoms with E-state index in [-0.39, 0.29) is 49.4 Å². The van der Waals surface area contributed by atoms with E-state index in [1.54, 1.807) is 41.0 Å². The van der Waals surface area contributed by atoms with Crippen molar-refractivity contribution in [3.05, 3.63) is 75.8 Å². The van der Waals surface area contributed by atoms with Crippen molar-refractivity contribution in [2.24, 2.45) is 0 Å². The molecule has 1 aliphatic heterocycles. The van der Waals surface area contributed by atoms with Crippen molar-refractivity contribution < 1.29 is 19.1 Å². The first-order valence-electron chi connectivity index (χ1n) is 10.7. The molecule has 1 fully saturated rings. The summed E-state index contributed by atoms with van der Waals surface area (Å²) in [5.74, 6) is -0.647. The van der Waals surface area contributed by atoms with Crippen molar-refractivity contribution in [2.45, 2.75) is 31.7 Å². The van der Waals surface area contributed by atoms with Crippen LogP contribution >= 0.6 is 0 Å². The molecule has 2 aromatic carbocycles. The molecular weight excluding hydrogens is 410 g/mol. The minimum absolute atomic E-state index is 0.000899. The summed E-state index contributed by atoms with van der Waals surface area (Å²) in [6, 6.07) is 14.0. The highest BCUT2D eigenvalue weighted by Crippen LogP contribution is 2.35. The summed E-state index contributed by atoms with van der Waals surface area (Å²) in [6.45, 7) is -0.0794. The van der Waals surface area contributed by atoms with Gasteiger partial charge in [0.25, 0.3) is 17.4 Å². The van der Waals surface area contributed by atoms with Gasteiger partial charge in [-0.2, -0.15) is 0 Å². The molecule has 8 nitrogen and oxygen atoms in total. The molecule has 3 aromatic rings. The first kappa shape index (κ1) is 20.1. The van der Waals surface area contributed by atoms with Crippen LogP contribution in [0.5, 0.6) is 0 Å². The van der Waals surface area contributed by atoms with Gasteiger partial charge in [-0.3, -0.25) is 28.6 Å². The Morgan fingerprint density at radius 3 is 2.31 bits per heavy atom. The van der Waals surface area contributed by atoms with Gasteiger partial charge in [0, 0.05) is 12.5 Å². The van der Waals surface area contributed by atoms with Crippen molar-refractivity contribution in [1.29, 1.82) is 0 Å². The normalized spacial score (nSPS) is 15.3. The Balaban J connectivity index is 1.21. The number of para-hydroxylation sites is 1. The lowest BCUT2D eigenvalue weighted by Gasteiger charge is -2.14. The predicted octanol–water partition coefficient (Wildman–Crippen LogP) is 2.50. The molecule has 0 unspecified atom stereocenters. The third-order valence-corrected chi connectivity index (χ3v) is 5.80. The van der Waals surface area contributed by atoms with Crippen LogP contribution in [0.1, 0.15) is 51.8 Å². The van der Waals surface area contributed by atoms with Crippen LogP contribution in [-0.4, -0.2) is 45.4 Å². The SMILES string of the molecule is O=C(CCc1nc2ccccc2c(=O)n1C1CC1)OCCN1C(=O)c2ccccc2C1=O. The smallest absolute Gasteiger partial charge is 0.306 e. The zero-order valence-electron chi connectivity index (χ0n) is 17.3. The quantitative estimate of drug-likeness (QED) is 0.421. The number of benzene rings is 2. The van der Waals surface area contributed by atoms with Gasteiger partial charge in [-0.25, -0.2) is 4.98 Å². The number of aryl methyl sites for hydroxylation is 1. The van der Waals surface area contributed by atoms with E-state index in [0.717, 1.165) is 17.7 Å². The molecule has 5 rings (SSSR count). The molecule has 2 amide bonds. The molecule has 0 radical (unpaired) electrons. The Kier molecular flexibility index (Phi) is 5.05. The highest BCUT2D eigenvalue weighted by molar-refractivity contribution is 6.21. The summed E-state index contributed by atoms with van der Waals surface area (Å²) in [5, 5.41) is 0.576. The first-order valence-corrected chi connectivity index (χ1v) is 10.7. The predicted molar refractivity (Wildman–Crippen MR) is 115 cm³/mol. The molecule has 1 saturated carbocycles. The number of aromatic nitrogens is 2. The molecule has 8 heteroatoms. The monoisotopic (exact) mass is 431 g/mol. The van der Waals surface area contributed by atoms with E-state index in [2.05, 4.69) is 4.98 Å². The topological polar surface area (TPSA) is 98.6 Å². The number of nitrogens with zero attached hydrogens (tertiary/aromatic N) is 3. The second-order valence-corrected chi connectivity index (χ2v) is 7.98. The second kappa shape index (κ2) is 8.03. The average Bonchev–Trinajstić information content (AvgIpc) is 3.61. The number of esters is 1. The number of ether oxygens (including phenoxy) is 1. The fourth-order valence-corrected chi connectivity index (χ4v) is 4.06. The fraction of sp³-hybridized carbons (Fsp3) is 0.292. The maximum Gasteiger partial charge on any atom is 0.306 e. The van der Waals surface area contributed by atoms with E-state index >= 15 is 0 Å². The third-order valence-electron chi connectivity index (χ3n) is 5.80. The van der Waals surface area contributed by atoms with E-state index in [1.807, 2.05) is 12.1 Å². The van der Waals surface area contributed by atoms with Gasteiger partial charge in [-0.1, -0.05) is 24.3 Å². The van der Waals surface area contributed by atoms with E-state index < -0.39 is 5.97 Å². The molecule has 1 aliphatic carbocycles. The summed E-state index contributed by atoms with van der Waals surface area (Å²) >= 11 is 0. The van der Waals surface area contributed by atoms with Crippen LogP contribution in [0.2, 0.25) is 0 Å². The number of rotatable bonds is 7. The van der Waals surface area contributed by atoms with Crippen molar-refractivity contribution in [1.82, 2.24) is 14.5 Å². The van der Waals surface area contributed by atoms with Crippen molar-refractivity contribution >= 4 is 28.7 Å². The lowest BCUT2D eigenvalue weighted by atomic mass is 10.1. The standard InChI is InChI=1S/C24H21N3O5/c28-21(32-14-13-26-22(29)16-5-1-2-6-17(16)23(26)30)12-11-20-25-19-8-4-3-7-18(19)24(31)27(20)15-9-10-15/h1-8,15H,9-14H2. The van der Waals surface area contributed by atoms with Crippen LogP contribution in [0.4, 0.5) is 0 Å². The van der Waals surface area contributed by atoms with Crippen molar-refractivity contribution in [3.8, 4) is 0 Å². The van der Waals surface area contributed by atoms with Crippen molar-refractivity contribution in [3.63, 3.8) is 0 Å². The number of carbonyl (C=O) groups is 3. The molecular formula is C24H21N3O5. The largest absolute Gasteiger partial charge is 0.464 e. The third kappa shape index (κ3) is 3.57. The molecule has 1 aromatic heterocycles. The van der Waals surface area contributed by atoms with Crippen LogP contribution in [0, 0.1) is 0 Å². The highest BCUT2D eigenvalue weighted by atomic mass is 16.5. The van der Waals surface area contributed by atoms with Crippen LogP contribution in [0.3, 0.4) is 0 Å². The van der Waals surface area contributed by atoms with Gasteiger partial charge in [0.15, 0.2) is 0 Å². The molecule has 162 valence electrons. The van der Waals surface area contributed by atoms with Gasteiger partial charge in [0.1, 0.15) is 12.4 Å². The number of carbonyl (C=O) groups excluding carboxylic acids is 3. The van der Waals surface area contributed by atoms with Gasteiger partial charge in [0.2, 0.25) is 0 Å². The summed E-state index contributed by atoms with van der Waals surface area (Å²) in [7, 11) is 0. The summed E-state index contributed by atoms with van der Waals surface area (Å²) in [6.07, 6.45) is 2.19. The van der Waals surface area contributed by atoms with Crippen LogP contribution < -0.4 is 5.56 Å². The van der Waals surface area contributed by atoms with E-state index in [0.29, 0.717) is 27.9 Å². The number of hydrogen-bond acceptors (Lipinski definition) is 6. The van der Waals surface area contributed by atoms with Crippen LogP contribution in [-0.2, 0) is 16.0 Å². The molecule has 0 spiro atoms. The Morgan fingerprint density at radius 2 is 1.62 bits per heavy atom. The molecule has 32 heavy (non-hydrogen) atoms. The number of amides is 2. The molecule has 2 heterocycles. The fourth-order valence-electron chi connectivity index (χ4n) is 4.06. The maximum atomic E-state index is 12.9. The lowest BCUT2D eigenvalue weighted by molar-refractivity contribution is -0.143. The molecule has 2 aliphatic rings. The minimum Gasteiger partial charge on any atom is -0.464 e. The lowest BCUT2D eigenvalue weighted by Crippen LogP contribution is -2.33. The van der Waals surface area contributed by atoms with Crippen LogP contribution in [0.15, 0.2) is 53.3 Å². The number of fused-ring (bicyclic) bond motifs is 2. The average molecular weight is 431 g/mol. The Bertz CT molecular complexity index is 1270. The Hall–Kier alpha value is -3.81. The van der Waals surface area contributed by atoms with Gasteiger partial charge < -0.3 is 4.74 Å². The highest BCUT2D eigenvalue weighted by Gasteiger charge is 2.35.